The van der Waals surface area contributed by atoms with Gasteiger partial charge in [-0.05, 0) is 75.5 Å². The zero-order valence-corrected chi connectivity index (χ0v) is 12.6. The molecule has 1 atom stereocenters. The highest BCUT2D eigenvalue weighted by Crippen LogP contribution is 2.60. The molecule has 4 saturated carbocycles. The summed E-state index contributed by atoms with van der Waals surface area (Å²) < 4.78 is 0. The number of likely N-dealkylation sites (tertiary alicyclic amines) is 1. The quantitative estimate of drug-likeness (QED) is 0.851. The third-order valence-electron chi connectivity index (χ3n) is 6.54. The van der Waals surface area contributed by atoms with Gasteiger partial charge in [-0.15, -0.1) is 0 Å². The van der Waals surface area contributed by atoms with Crippen molar-refractivity contribution in [2.24, 2.45) is 23.2 Å². The van der Waals surface area contributed by atoms with Gasteiger partial charge in [0.25, 0.3) is 0 Å². The third-order valence-corrected chi connectivity index (χ3v) is 6.54. The summed E-state index contributed by atoms with van der Waals surface area (Å²) in [5.41, 5.74) is -0.195. The number of carbonyl (C=O) groups is 2. The second kappa shape index (κ2) is 4.72. The molecule has 4 nitrogen and oxygen atoms in total. The molecule has 0 aromatic carbocycles. The Labute approximate surface area is 125 Å². The minimum Gasteiger partial charge on any atom is -0.480 e. The molecule has 116 valence electrons. The lowest BCUT2D eigenvalue weighted by Crippen LogP contribution is -2.58. The van der Waals surface area contributed by atoms with Crippen LogP contribution in [0.2, 0.25) is 0 Å². The van der Waals surface area contributed by atoms with E-state index in [9.17, 15) is 14.7 Å². The van der Waals surface area contributed by atoms with Gasteiger partial charge in [-0.2, -0.15) is 0 Å². The number of carboxylic acids is 1. The molecule has 1 saturated heterocycles. The molecule has 0 aromatic rings. The number of carboxylic acid groups (broad SMARTS) is 1. The monoisotopic (exact) mass is 291 g/mol. The fourth-order valence-electron chi connectivity index (χ4n) is 6.11. The predicted molar refractivity (Wildman–Crippen MR) is 77.6 cm³/mol. The molecule has 21 heavy (non-hydrogen) atoms. The number of hydrogen-bond donors (Lipinski definition) is 1. The lowest BCUT2D eigenvalue weighted by Gasteiger charge is -2.57. The second-order valence-electron chi connectivity index (χ2n) is 8.05. The van der Waals surface area contributed by atoms with E-state index in [1.54, 1.807) is 4.90 Å². The van der Waals surface area contributed by atoms with E-state index >= 15 is 0 Å². The SMILES string of the molecule is O=C(O)C1CCCCN1C(=O)C12CC3CC(CC(C3)C1)C2. The fraction of sp³-hybridized carbons (Fsp3) is 0.882. The Hall–Kier alpha value is -1.06. The maximum absolute atomic E-state index is 13.2. The summed E-state index contributed by atoms with van der Waals surface area (Å²) in [5, 5.41) is 9.45. The van der Waals surface area contributed by atoms with Gasteiger partial charge in [0.05, 0.1) is 5.41 Å². The average Bonchev–Trinajstić information content (AvgIpc) is 2.45. The van der Waals surface area contributed by atoms with Crippen molar-refractivity contribution in [1.29, 1.82) is 0 Å². The average molecular weight is 291 g/mol. The standard InChI is InChI=1S/C17H25NO3/c19-15(20)14-3-1-2-4-18(14)16(21)17-8-11-5-12(9-17)7-13(6-11)10-17/h11-14H,1-10H2,(H,19,20). The summed E-state index contributed by atoms with van der Waals surface area (Å²) in [6.07, 6.45) is 9.55. The molecule has 0 aromatic heterocycles. The number of amides is 1. The summed E-state index contributed by atoms with van der Waals surface area (Å²) in [6.45, 7) is 0.650. The summed E-state index contributed by atoms with van der Waals surface area (Å²) in [5.74, 6) is 1.57. The van der Waals surface area contributed by atoms with Crippen molar-refractivity contribution in [2.75, 3.05) is 6.54 Å². The van der Waals surface area contributed by atoms with Crippen molar-refractivity contribution < 1.29 is 14.7 Å². The Morgan fingerprint density at radius 1 is 0.952 bits per heavy atom. The van der Waals surface area contributed by atoms with Crippen LogP contribution in [0.25, 0.3) is 0 Å². The van der Waals surface area contributed by atoms with Crippen LogP contribution in [0.4, 0.5) is 0 Å². The third kappa shape index (κ3) is 2.09. The first-order valence-electron chi connectivity index (χ1n) is 8.61. The highest BCUT2D eigenvalue weighted by Gasteiger charge is 2.56. The molecule has 4 heteroatoms. The van der Waals surface area contributed by atoms with E-state index in [0.29, 0.717) is 13.0 Å². The van der Waals surface area contributed by atoms with Gasteiger partial charge in [-0.1, -0.05) is 0 Å². The molecule has 1 unspecified atom stereocenters. The number of carbonyl (C=O) groups excluding carboxylic acids is 1. The summed E-state index contributed by atoms with van der Waals surface area (Å²) in [7, 11) is 0. The smallest absolute Gasteiger partial charge is 0.326 e. The number of nitrogens with zero attached hydrogens (tertiary/aromatic N) is 1. The summed E-state index contributed by atoms with van der Waals surface area (Å²) in [4.78, 5) is 26.5. The highest BCUT2D eigenvalue weighted by molar-refractivity contribution is 5.88. The van der Waals surface area contributed by atoms with Crippen molar-refractivity contribution >= 4 is 11.9 Å². The van der Waals surface area contributed by atoms with Crippen LogP contribution in [0.5, 0.6) is 0 Å². The molecule has 4 aliphatic carbocycles. The van der Waals surface area contributed by atoms with E-state index in [4.69, 9.17) is 0 Å². The summed E-state index contributed by atoms with van der Waals surface area (Å²) >= 11 is 0. The fourth-order valence-corrected chi connectivity index (χ4v) is 6.11. The van der Waals surface area contributed by atoms with E-state index in [1.807, 2.05) is 0 Å². The Kier molecular flexibility index (Phi) is 3.05. The van der Waals surface area contributed by atoms with Gasteiger partial charge in [-0.3, -0.25) is 4.79 Å². The zero-order valence-electron chi connectivity index (χ0n) is 12.6. The normalized spacial score (nSPS) is 44.9. The molecule has 1 heterocycles. The lowest BCUT2D eigenvalue weighted by molar-refractivity contribution is -0.167. The van der Waals surface area contributed by atoms with Crippen molar-refractivity contribution in [2.45, 2.75) is 63.8 Å². The molecular weight excluding hydrogens is 266 g/mol. The van der Waals surface area contributed by atoms with Gasteiger partial charge in [0, 0.05) is 6.54 Å². The molecule has 5 rings (SSSR count). The molecule has 5 fully saturated rings. The van der Waals surface area contributed by atoms with Crippen LogP contribution in [-0.2, 0) is 9.59 Å². The van der Waals surface area contributed by atoms with Crippen molar-refractivity contribution in [1.82, 2.24) is 4.90 Å². The van der Waals surface area contributed by atoms with Crippen molar-refractivity contribution in [3.05, 3.63) is 0 Å². The molecule has 1 N–H and O–H groups in total. The zero-order chi connectivity index (χ0) is 14.6. The lowest BCUT2D eigenvalue weighted by atomic mass is 9.49. The molecular formula is C17H25NO3. The molecule has 4 bridgehead atoms. The Morgan fingerprint density at radius 3 is 2.05 bits per heavy atom. The van der Waals surface area contributed by atoms with E-state index in [2.05, 4.69) is 0 Å². The molecule has 1 aliphatic heterocycles. The topological polar surface area (TPSA) is 57.6 Å². The highest BCUT2D eigenvalue weighted by atomic mass is 16.4. The van der Waals surface area contributed by atoms with Crippen molar-refractivity contribution in [3.8, 4) is 0 Å². The second-order valence-corrected chi connectivity index (χ2v) is 8.05. The first kappa shape index (κ1) is 13.6. The molecule has 5 aliphatic rings. The number of rotatable bonds is 2. The van der Waals surface area contributed by atoms with E-state index < -0.39 is 12.0 Å². The van der Waals surface area contributed by atoms with Crippen LogP contribution in [0.3, 0.4) is 0 Å². The number of hydrogen-bond acceptors (Lipinski definition) is 2. The van der Waals surface area contributed by atoms with E-state index in [-0.39, 0.29) is 11.3 Å². The maximum atomic E-state index is 13.2. The first-order chi connectivity index (χ1) is 10.1. The minimum atomic E-state index is -0.812. The molecule has 0 radical (unpaired) electrons. The van der Waals surface area contributed by atoms with Gasteiger partial charge >= 0.3 is 5.97 Å². The maximum Gasteiger partial charge on any atom is 0.326 e. The van der Waals surface area contributed by atoms with Crippen LogP contribution in [-0.4, -0.2) is 34.5 Å². The van der Waals surface area contributed by atoms with Crippen LogP contribution in [0.1, 0.15) is 57.8 Å². The Bertz CT molecular complexity index is 437. The van der Waals surface area contributed by atoms with E-state index in [1.165, 1.54) is 19.3 Å². The van der Waals surface area contributed by atoms with Crippen LogP contribution in [0, 0.1) is 23.2 Å². The van der Waals surface area contributed by atoms with Gasteiger partial charge in [0.15, 0.2) is 0 Å². The van der Waals surface area contributed by atoms with Crippen LogP contribution >= 0.6 is 0 Å². The predicted octanol–water partition coefficient (Wildman–Crippen LogP) is 2.67. The number of piperidine rings is 1. The first-order valence-corrected chi connectivity index (χ1v) is 8.61. The molecule has 1 amide bonds. The van der Waals surface area contributed by atoms with Gasteiger partial charge in [-0.25, -0.2) is 4.79 Å². The summed E-state index contributed by atoms with van der Waals surface area (Å²) in [6, 6.07) is -0.570. The largest absolute Gasteiger partial charge is 0.480 e. The molecule has 0 spiro atoms. The van der Waals surface area contributed by atoms with Crippen LogP contribution in [0.15, 0.2) is 0 Å². The van der Waals surface area contributed by atoms with Gasteiger partial charge in [0.1, 0.15) is 6.04 Å². The minimum absolute atomic E-state index is 0.189. The Balaban J connectivity index is 1.60. The van der Waals surface area contributed by atoms with Crippen molar-refractivity contribution in [3.63, 3.8) is 0 Å². The number of aliphatic carboxylic acids is 1. The van der Waals surface area contributed by atoms with Gasteiger partial charge < -0.3 is 10.0 Å². The van der Waals surface area contributed by atoms with Gasteiger partial charge in [0.2, 0.25) is 5.91 Å². The van der Waals surface area contributed by atoms with Crippen LogP contribution < -0.4 is 0 Å². The Morgan fingerprint density at radius 2 is 1.52 bits per heavy atom. The van der Waals surface area contributed by atoms with E-state index in [0.717, 1.165) is 49.9 Å².